The van der Waals surface area contributed by atoms with Gasteiger partial charge in [0.15, 0.2) is 0 Å². The van der Waals surface area contributed by atoms with Crippen LogP contribution >= 0.6 is 0 Å². The first-order valence-corrected chi connectivity index (χ1v) is 5.86. The Labute approximate surface area is 90.8 Å². The van der Waals surface area contributed by atoms with E-state index >= 15 is 0 Å². The molecular formula is C11H20N2O2. The summed E-state index contributed by atoms with van der Waals surface area (Å²) in [6.45, 7) is 3.92. The third-order valence-electron chi connectivity index (χ3n) is 3.44. The molecule has 4 heteroatoms. The van der Waals surface area contributed by atoms with Crippen molar-refractivity contribution < 1.29 is 9.53 Å². The minimum Gasteiger partial charge on any atom is -0.446 e. The number of carbonyl (C=O) groups is 1. The molecule has 0 radical (unpaired) electrons. The smallest absolute Gasteiger partial charge is 0.410 e. The zero-order valence-electron chi connectivity index (χ0n) is 9.32. The van der Waals surface area contributed by atoms with Crippen LogP contribution in [0.25, 0.3) is 0 Å². The number of likely N-dealkylation sites (tertiary alicyclic amines) is 1. The van der Waals surface area contributed by atoms with E-state index in [1.165, 1.54) is 0 Å². The van der Waals surface area contributed by atoms with Crippen LogP contribution in [-0.2, 0) is 4.74 Å². The molecule has 0 spiro atoms. The predicted octanol–water partition coefficient (Wildman–Crippen LogP) is 1.34. The lowest BCUT2D eigenvalue weighted by atomic mass is 9.90. The van der Waals surface area contributed by atoms with Gasteiger partial charge in [-0.05, 0) is 31.6 Å². The maximum absolute atomic E-state index is 11.7. The molecule has 0 atom stereocenters. The molecule has 15 heavy (non-hydrogen) atoms. The largest absolute Gasteiger partial charge is 0.446 e. The fraction of sp³-hybridized carbons (Fsp3) is 0.909. The van der Waals surface area contributed by atoms with Crippen LogP contribution in [0.5, 0.6) is 0 Å². The van der Waals surface area contributed by atoms with E-state index in [0.29, 0.717) is 0 Å². The first-order chi connectivity index (χ1) is 7.15. The van der Waals surface area contributed by atoms with Crippen molar-refractivity contribution in [3.63, 3.8) is 0 Å². The second-order valence-electron chi connectivity index (χ2n) is 4.91. The van der Waals surface area contributed by atoms with Crippen LogP contribution in [0.2, 0.25) is 0 Å². The Morgan fingerprint density at radius 1 is 1.33 bits per heavy atom. The van der Waals surface area contributed by atoms with Crippen LogP contribution in [0.1, 0.15) is 32.6 Å². The lowest BCUT2D eigenvalue weighted by Gasteiger charge is -2.35. The molecule has 1 saturated heterocycles. The Bertz CT molecular complexity index is 231. The molecule has 0 unspecified atom stereocenters. The number of nitrogens with zero attached hydrogens (tertiary/aromatic N) is 1. The summed E-state index contributed by atoms with van der Waals surface area (Å²) in [6.07, 6.45) is 3.79. The molecular weight excluding hydrogens is 192 g/mol. The zero-order chi connectivity index (χ0) is 10.8. The Morgan fingerprint density at radius 3 is 2.47 bits per heavy atom. The Kier molecular flexibility index (Phi) is 3.14. The standard InChI is InChI=1S/C11H20N2O2/c1-8-2-4-13(5-3-8)11(14)15-10-6-9(12)7-10/h8-10H,2-7,12H2,1H3. The monoisotopic (exact) mass is 212 g/mol. The topological polar surface area (TPSA) is 55.6 Å². The molecule has 0 aromatic carbocycles. The van der Waals surface area contributed by atoms with Crippen molar-refractivity contribution in [3.8, 4) is 0 Å². The van der Waals surface area contributed by atoms with E-state index in [9.17, 15) is 4.79 Å². The van der Waals surface area contributed by atoms with Gasteiger partial charge in [0.1, 0.15) is 6.10 Å². The van der Waals surface area contributed by atoms with E-state index in [4.69, 9.17) is 10.5 Å². The molecule has 1 aliphatic heterocycles. The van der Waals surface area contributed by atoms with E-state index < -0.39 is 0 Å². The number of nitrogens with two attached hydrogens (primary N) is 1. The van der Waals surface area contributed by atoms with Gasteiger partial charge in [0, 0.05) is 19.1 Å². The molecule has 1 saturated carbocycles. The van der Waals surface area contributed by atoms with Gasteiger partial charge in [-0.25, -0.2) is 4.79 Å². The molecule has 86 valence electrons. The fourth-order valence-corrected chi connectivity index (χ4v) is 2.11. The number of rotatable bonds is 1. The van der Waals surface area contributed by atoms with E-state index in [2.05, 4.69) is 6.92 Å². The predicted molar refractivity (Wildman–Crippen MR) is 57.4 cm³/mol. The maximum Gasteiger partial charge on any atom is 0.410 e. The summed E-state index contributed by atoms with van der Waals surface area (Å²) in [5.41, 5.74) is 5.64. The fourth-order valence-electron chi connectivity index (χ4n) is 2.11. The van der Waals surface area contributed by atoms with Crippen LogP contribution in [0.15, 0.2) is 0 Å². The lowest BCUT2D eigenvalue weighted by Crippen LogP contribution is -2.46. The van der Waals surface area contributed by atoms with Crippen molar-refractivity contribution in [2.75, 3.05) is 13.1 Å². The molecule has 4 nitrogen and oxygen atoms in total. The van der Waals surface area contributed by atoms with Gasteiger partial charge in [0.2, 0.25) is 0 Å². The van der Waals surface area contributed by atoms with Crippen molar-refractivity contribution in [1.82, 2.24) is 4.90 Å². The zero-order valence-corrected chi connectivity index (χ0v) is 9.32. The second kappa shape index (κ2) is 4.39. The van der Waals surface area contributed by atoms with Gasteiger partial charge >= 0.3 is 6.09 Å². The SMILES string of the molecule is CC1CCN(C(=O)OC2CC(N)C2)CC1. The molecule has 2 fully saturated rings. The highest BCUT2D eigenvalue weighted by Gasteiger charge is 2.31. The quantitative estimate of drug-likeness (QED) is 0.713. The number of hydrogen-bond donors (Lipinski definition) is 1. The number of hydrogen-bond acceptors (Lipinski definition) is 3. The lowest BCUT2D eigenvalue weighted by molar-refractivity contribution is 0.0130. The van der Waals surface area contributed by atoms with Gasteiger partial charge < -0.3 is 15.4 Å². The van der Waals surface area contributed by atoms with E-state index in [0.717, 1.165) is 44.7 Å². The summed E-state index contributed by atoms with van der Waals surface area (Å²) in [7, 11) is 0. The first-order valence-electron chi connectivity index (χ1n) is 5.86. The Morgan fingerprint density at radius 2 is 1.93 bits per heavy atom. The van der Waals surface area contributed by atoms with Crippen LogP contribution in [0.3, 0.4) is 0 Å². The van der Waals surface area contributed by atoms with Crippen molar-refractivity contribution in [3.05, 3.63) is 0 Å². The molecule has 2 rings (SSSR count). The Balaban J connectivity index is 1.71. The van der Waals surface area contributed by atoms with Gasteiger partial charge in [0.25, 0.3) is 0 Å². The minimum atomic E-state index is -0.140. The molecule has 0 bridgehead atoms. The molecule has 2 aliphatic rings. The molecule has 0 aromatic heterocycles. The summed E-state index contributed by atoms with van der Waals surface area (Å²) >= 11 is 0. The van der Waals surface area contributed by atoms with Crippen molar-refractivity contribution in [2.24, 2.45) is 11.7 Å². The number of piperidine rings is 1. The van der Waals surface area contributed by atoms with Crippen LogP contribution < -0.4 is 5.73 Å². The highest BCUT2D eigenvalue weighted by molar-refractivity contribution is 5.68. The van der Waals surface area contributed by atoms with Crippen molar-refractivity contribution in [1.29, 1.82) is 0 Å². The normalized spacial score (nSPS) is 32.3. The van der Waals surface area contributed by atoms with Gasteiger partial charge in [-0.1, -0.05) is 6.92 Å². The van der Waals surface area contributed by atoms with Gasteiger partial charge in [-0.3, -0.25) is 0 Å². The van der Waals surface area contributed by atoms with Gasteiger partial charge in [-0.15, -0.1) is 0 Å². The number of amides is 1. The minimum absolute atomic E-state index is 0.0758. The molecule has 1 amide bonds. The van der Waals surface area contributed by atoms with E-state index in [1.54, 1.807) is 0 Å². The summed E-state index contributed by atoms with van der Waals surface area (Å²) in [5, 5.41) is 0. The number of ether oxygens (including phenoxy) is 1. The molecule has 1 aliphatic carbocycles. The van der Waals surface area contributed by atoms with Gasteiger partial charge in [0.05, 0.1) is 0 Å². The van der Waals surface area contributed by atoms with E-state index in [1.807, 2.05) is 4.90 Å². The van der Waals surface area contributed by atoms with Gasteiger partial charge in [-0.2, -0.15) is 0 Å². The third-order valence-corrected chi connectivity index (χ3v) is 3.44. The van der Waals surface area contributed by atoms with Crippen molar-refractivity contribution in [2.45, 2.75) is 44.8 Å². The summed E-state index contributed by atoms with van der Waals surface area (Å²) in [5.74, 6) is 0.742. The highest BCUT2D eigenvalue weighted by atomic mass is 16.6. The average molecular weight is 212 g/mol. The van der Waals surface area contributed by atoms with Crippen LogP contribution in [-0.4, -0.2) is 36.2 Å². The second-order valence-corrected chi connectivity index (χ2v) is 4.91. The number of carbonyl (C=O) groups excluding carboxylic acids is 1. The first kappa shape index (κ1) is 10.7. The molecule has 0 aromatic rings. The Hall–Kier alpha value is -0.770. The van der Waals surface area contributed by atoms with Crippen molar-refractivity contribution >= 4 is 6.09 Å². The molecule has 2 N–H and O–H groups in total. The summed E-state index contributed by atoms with van der Waals surface area (Å²) in [4.78, 5) is 13.5. The summed E-state index contributed by atoms with van der Waals surface area (Å²) < 4.78 is 5.34. The third kappa shape index (κ3) is 2.62. The highest BCUT2D eigenvalue weighted by Crippen LogP contribution is 2.23. The van der Waals surface area contributed by atoms with Crippen LogP contribution in [0, 0.1) is 5.92 Å². The average Bonchev–Trinajstić information content (AvgIpc) is 2.16. The van der Waals surface area contributed by atoms with Crippen LogP contribution in [0.4, 0.5) is 4.79 Å². The maximum atomic E-state index is 11.7. The van der Waals surface area contributed by atoms with E-state index in [-0.39, 0.29) is 18.2 Å². The molecule has 1 heterocycles. The summed E-state index contributed by atoms with van der Waals surface area (Å²) in [6, 6.07) is 0.240.